The van der Waals surface area contributed by atoms with Gasteiger partial charge in [0.15, 0.2) is 5.82 Å². The molecule has 1 aliphatic heterocycles. The average Bonchev–Trinajstić information content (AvgIpc) is 2.81. The molecule has 1 aromatic heterocycles. The minimum Gasteiger partial charge on any atom is -0.355 e. The standard InChI is InChI=1S/C24H31ClN4O/c1-2-29(21-6-4-3-5-7-21)24(30)19-14-16-28(17-15-19)23-13-12-22(26-27-23)18-8-10-20(25)11-9-18/h8-13,19,21H,2-7,14-17H2,1H3. The van der Waals surface area contributed by atoms with E-state index in [9.17, 15) is 4.79 Å². The highest BCUT2D eigenvalue weighted by atomic mass is 35.5. The molecule has 1 amide bonds. The predicted molar refractivity (Wildman–Crippen MR) is 122 cm³/mol. The highest BCUT2D eigenvalue weighted by molar-refractivity contribution is 6.30. The number of piperidine rings is 1. The number of benzene rings is 1. The van der Waals surface area contributed by atoms with Crippen LogP contribution in [0.3, 0.4) is 0 Å². The van der Waals surface area contributed by atoms with Gasteiger partial charge in [0, 0.05) is 42.2 Å². The Bertz CT molecular complexity index is 825. The van der Waals surface area contributed by atoms with E-state index in [0.29, 0.717) is 17.0 Å². The number of halogens is 1. The van der Waals surface area contributed by atoms with Crippen LogP contribution in [0.4, 0.5) is 5.82 Å². The monoisotopic (exact) mass is 426 g/mol. The van der Waals surface area contributed by atoms with Crippen LogP contribution in [0.25, 0.3) is 11.3 Å². The summed E-state index contributed by atoms with van der Waals surface area (Å²) in [5, 5.41) is 9.56. The Balaban J connectivity index is 1.34. The number of anilines is 1. The Labute approximate surface area is 184 Å². The van der Waals surface area contributed by atoms with Crippen molar-refractivity contribution in [3.05, 3.63) is 41.4 Å². The van der Waals surface area contributed by atoms with Crippen LogP contribution < -0.4 is 4.90 Å². The summed E-state index contributed by atoms with van der Waals surface area (Å²) in [6, 6.07) is 12.1. The maximum Gasteiger partial charge on any atom is 0.226 e. The normalized spacial score (nSPS) is 18.4. The van der Waals surface area contributed by atoms with E-state index >= 15 is 0 Å². The van der Waals surface area contributed by atoms with Gasteiger partial charge in [0.1, 0.15) is 0 Å². The fraction of sp³-hybridized carbons (Fsp3) is 0.542. The molecule has 160 valence electrons. The second kappa shape index (κ2) is 9.78. The van der Waals surface area contributed by atoms with E-state index < -0.39 is 0 Å². The van der Waals surface area contributed by atoms with Gasteiger partial charge in [-0.2, -0.15) is 0 Å². The lowest BCUT2D eigenvalue weighted by Crippen LogP contribution is -2.47. The third-order valence-corrected chi connectivity index (χ3v) is 6.85. The molecule has 2 fully saturated rings. The maximum atomic E-state index is 13.2. The third-order valence-electron chi connectivity index (χ3n) is 6.60. The summed E-state index contributed by atoms with van der Waals surface area (Å²) in [4.78, 5) is 17.6. The van der Waals surface area contributed by atoms with E-state index in [-0.39, 0.29) is 5.92 Å². The van der Waals surface area contributed by atoms with Crippen LogP contribution in [0.2, 0.25) is 5.02 Å². The van der Waals surface area contributed by atoms with Crippen molar-refractivity contribution in [2.75, 3.05) is 24.5 Å². The van der Waals surface area contributed by atoms with Crippen LogP contribution in [0.5, 0.6) is 0 Å². The van der Waals surface area contributed by atoms with Crippen LogP contribution >= 0.6 is 11.6 Å². The molecule has 2 aromatic rings. The molecule has 1 saturated carbocycles. The van der Waals surface area contributed by atoms with Crippen LogP contribution in [0.1, 0.15) is 51.9 Å². The molecular weight excluding hydrogens is 396 g/mol. The first kappa shape index (κ1) is 21.1. The lowest BCUT2D eigenvalue weighted by atomic mass is 9.90. The van der Waals surface area contributed by atoms with Crippen molar-refractivity contribution >= 4 is 23.3 Å². The largest absolute Gasteiger partial charge is 0.355 e. The molecule has 0 atom stereocenters. The van der Waals surface area contributed by atoms with Crippen LogP contribution in [-0.4, -0.2) is 46.7 Å². The molecule has 30 heavy (non-hydrogen) atoms. The zero-order valence-electron chi connectivity index (χ0n) is 17.8. The Morgan fingerprint density at radius 1 is 1.00 bits per heavy atom. The highest BCUT2D eigenvalue weighted by Gasteiger charge is 2.32. The number of carbonyl (C=O) groups excluding carboxylic acids is 1. The smallest absolute Gasteiger partial charge is 0.226 e. The molecule has 0 N–H and O–H groups in total. The molecule has 5 nitrogen and oxygen atoms in total. The van der Waals surface area contributed by atoms with Gasteiger partial charge >= 0.3 is 0 Å². The number of aromatic nitrogens is 2. The lowest BCUT2D eigenvalue weighted by molar-refractivity contribution is -0.139. The van der Waals surface area contributed by atoms with E-state index in [1.54, 1.807) is 0 Å². The summed E-state index contributed by atoms with van der Waals surface area (Å²) in [5.41, 5.74) is 1.84. The fourth-order valence-electron chi connectivity index (χ4n) is 4.85. The van der Waals surface area contributed by atoms with Crippen molar-refractivity contribution in [1.82, 2.24) is 15.1 Å². The van der Waals surface area contributed by atoms with E-state index in [2.05, 4.69) is 26.9 Å². The van der Waals surface area contributed by atoms with Crippen molar-refractivity contribution in [2.24, 2.45) is 5.92 Å². The Hall–Kier alpha value is -2.14. The summed E-state index contributed by atoms with van der Waals surface area (Å²) in [5.74, 6) is 1.40. The number of hydrogen-bond acceptors (Lipinski definition) is 4. The molecule has 0 unspecified atom stereocenters. The Morgan fingerprint density at radius 2 is 1.70 bits per heavy atom. The molecule has 4 rings (SSSR count). The molecule has 2 aliphatic rings. The van der Waals surface area contributed by atoms with E-state index in [4.69, 9.17) is 11.6 Å². The number of amides is 1. The highest BCUT2D eigenvalue weighted by Crippen LogP contribution is 2.28. The molecule has 0 spiro atoms. The van der Waals surface area contributed by atoms with Gasteiger partial charge in [-0.05, 0) is 56.9 Å². The minimum absolute atomic E-state index is 0.143. The van der Waals surface area contributed by atoms with E-state index in [0.717, 1.165) is 49.6 Å². The molecule has 0 bridgehead atoms. The van der Waals surface area contributed by atoms with Gasteiger partial charge in [-0.15, -0.1) is 10.2 Å². The number of carbonyl (C=O) groups is 1. The second-order valence-electron chi connectivity index (χ2n) is 8.46. The zero-order valence-corrected chi connectivity index (χ0v) is 18.5. The van der Waals surface area contributed by atoms with Gasteiger partial charge in [0.25, 0.3) is 0 Å². The van der Waals surface area contributed by atoms with Gasteiger partial charge in [-0.1, -0.05) is 43.0 Å². The SMILES string of the molecule is CCN(C(=O)C1CCN(c2ccc(-c3ccc(Cl)cc3)nn2)CC1)C1CCCCC1. The minimum atomic E-state index is 0.143. The molecule has 6 heteroatoms. The first-order chi connectivity index (χ1) is 14.7. The second-order valence-corrected chi connectivity index (χ2v) is 8.90. The lowest BCUT2D eigenvalue weighted by Gasteiger charge is -2.38. The van der Waals surface area contributed by atoms with Gasteiger partial charge in [-0.25, -0.2) is 0 Å². The third kappa shape index (κ3) is 4.77. The molecule has 1 aliphatic carbocycles. The summed E-state index contributed by atoms with van der Waals surface area (Å²) in [6.07, 6.45) is 7.97. The maximum absolute atomic E-state index is 13.2. The van der Waals surface area contributed by atoms with Gasteiger partial charge < -0.3 is 9.80 Å². The Kier molecular flexibility index (Phi) is 6.88. The molecule has 1 saturated heterocycles. The summed E-state index contributed by atoms with van der Waals surface area (Å²) in [6.45, 7) is 4.67. The summed E-state index contributed by atoms with van der Waals surface area (Å²) < 4.78 is 0. The first-order valence-electron chi connectivity index (χ1n) is 11.3. The van der Waals surface area contributed by atoms with Crippen LogP contribution in [0.15, 0.2) is 36.4 Å². The van der Waals surface area contributed by atoms with E-state index in [1.165, 1.54) is 32.1 Å². The van der Waals surface area contributed by atoms with Crippen molar-refractivity contribution in [1.29, 1.82) is 0 Å². The van der Waals surface area contributed by atoms with E-state index in [1.807, 2.05) is 36.4 Å². The van der Waals surface area contributed by atoms with Crippen molar-refractivity contribution in [2.45, 2.75) is 57.9 Å². The van der Waals surface area contributed by atoms with Crippen molar-refractivity contribution in [3.8, 4) is 11.3 Å². The predicted octanol–water partition coefficient (Wildman–Crippen LogP) is 5.19. The van der Waals surface area contributed by atoms with Crippen LogP contribution in [-0.2, 0) is 4.79 Å². The molecule has 2 heterocycles. The fourth-order valence-corrected chi connectivity index (χ4v) is 4.97. The average molecular weight is 427 g/mol. The van der Waals surface area contributed by atoms with Gasteiger partial charge in [-0.3, -0.25) is 4.79 Å². The Morgan fingerprint density at radius 3 is 2.30 bits per heavy atom. The summed E-state index contributed by atoms with van der Waals surface area (Å²) >= 11 is 5.96. The molecule has 0 radical (unpaired) electrons. The zero-order chi connectivity index (χ0) is 20.9. The first-order valence-corrected chi connectivity index (χ1v) is 11.7. The number of hydrogen-bond donors (Lipinski definition) is 0. The quantitative estimate of drug-likeness (QED) is 0.659. The van der Waals surface area contributed by atoms with Crippen molar-refractivity contribution in [3.63, 3.8) is 0 Å². The van der Waals surface area contributed by atoms with Crippen LogP contribution in [0, 0.1) is 5.92 Å². The molecule has 1 aromatic carbocycles. The topological polar surface area (TPSA) is 49.3 Å². The van der Waals surface area contributed by atoms with Gasteiger partial charge in [0.2, 0.25) is 5.91 Å². The molecular formula is C24H31ClN4O. The number of nitrogens with zero attached hydrogens (tertiary/aromatic N) is 4. The van der Waals surface area contributed by atoms with Crippen molar-refractivity contribution < 1.29 is 4.79 Å². The van der Waals surface area contributed by atoms with Gasteiger partial charge in [0.05, 0.1) is 5.69 Å². The number of rotatable bonds is 5. The summed E-state index contributed by atoms with van der Waals surface area (Å²) in [7, 11) is 0.